The molecule has 0 aliphatic heterocycles. The van der Waals surface area contributed by atoms with E-state index in [2.05, 4.69) is 30.4 Å². The lowest BCUT2D eigenvalue weighted by atomic mass is 9.61. The maximum Gasteiger partial charge on any atom is 0.119 e. The minimum Gasteiger partial charge on any atom is -0.497 e. The van der Waals surface area contributed by atoms with Gasteiger partial charge >= 0.3 is 0 Å². The molecule has 20 heavy (non-hydrogen) atoms. The van der Waals surface area contributed by atoms with Gasteiger partial charge in [-0.1, -0.05) is 24.6 Å². The molecule has 0 unspecified atom stereocenters. The van der Waals surface area contributed by atoms with Gasteiger partial charge in [-0.25, -0.2) is 0 Å². The molecule has 3 aliphatic carbocycles. The van der Waals surface area contributed by atoms with Crippen LogP contribution in [-0.2, 0) is 0 Å². The van der Waals surface area contributed by atoms with Crippen LogP contribution < -0.4 is 4.74 Å². The summed E-state index contributed by atoms with van der Waals surface area (Å²) in [5.74, 6) is 2.23. The molecular formula is C18H22O2. The first-order valence-corrected chi connectivity index (χ1v) is 7.81. The molecule has 0 spiro atoms. The third-order valence-corrected chi connectivity index (χ3v) is 5.85. The fraction of sp³-hybridized carbons (Fsp3) is 0.556. The van der Waals surface area contributed by atoms with Crippen LogP contribution in [0.25, 0.3) is 6.08 Å². The molecule has 0 heterocycles. The van der Waals surface area contributed by atoms with Crippen LogP contribution in [0.5, 0.6) is 5.75 Å². The topological polar surface area (TPSA) is 29.5 Å². The SMILES string of the molecule is COc1ccc2c(c1)C=C[C@@H]1[C@H]2CC[C@@H]2CCC[C@@]21O. The fourth-order valence-electron chi connectivity index (χ4n) is 4.85. The lowest BCUT2D eigenvalue weighted by Gasteiger charge is -2.47. The molecule has 0 aromatic heterocycles. The zero-order chi connectivity index (χ0) is 13.7. The van der Waals surface area contributed by atoms with E-state index in [-0.39, 0.29) is 0 Å². The number of methoxy groups -OCH3 is 1. The normalized spacial score (nSPS) is 38.0. The van der Waals surface area contributed by atoms with Crippen LogP contribution in [0.4, 0.5) is 0 Å². The molecule has 2 saturated carbocycles. The molecule has 4 rings (SSSR count). The van der Waals surface area contributed by atoms with Crippen molar-refractivity contribution in [2.75, 3.05) is 7.11 Å². The molecule has 3 aliphatic rings. The zero-order valence-corrected chi connectivity index (χ0v) is 12.0. The third kappa shape index (κ3) is 1.61. The van der Waals surface area contributed by atoms with Gasteiger partial charge in [0.15, 0.2) is 0 Å². The van der Waals surface area contributed by atoms with Crippen LogP contribution in [0.2, 0.25) is 0 Å². The van der Waals surface area contributed by atoms with Crippen LogP contribution in [0.15, 0.2) is 24.3 Å². The molecule has 0 saturated heterocycles. The van der Waals surface area contributed by atoms with E-state index in [1.807, 2.05) is 0 Å². The van der Waals surface area contributed by atoms with Gasteiger partial charge < -0.3 is 9.84 Å². The molecule has 0 amide bonds. The second-order valence-electron chi connectivity index (χ2n) is 6.64. The van der Waals surface area contributed by atoms with Crippen LogP contribution in [0.3, 0.4) is 0 Å². The van der Waals surface area contributed by atoms with E-state index < -0.39 is 5.60 Å². The molecule has 4 atom stereocenters. The quantitative estimate of drug-likeness (QED) is 0.842. The largest absolute Gasteiger partial charge is 0.497 e. The van der Waals surface area contributed by atoms with E-state index in [1.54, 1.807) is 7.11 Å². The predicted molar refractivity (Wildman–Crippen MR) is 79.8 cm³/mol. The van der Waals surface area contributed by atoms with Crippen LogP contribution in [0.1, 0.15) is 49.1 Å². The van der Waals surface area contributed by atoms with E-state index in [0.717, 1.165) is 12.2 Å². The first-order valence-electron chi connectivity index (χ1n) is 7.81. The molecule has 2 heteroatoms. The summed E-state index contributed by atoms with van der Waals surface area (Å²) >= 11 is 0. The number of rotatable bonds is 1. The number of hydrogen-bond acceptors (Lipinski definition) is 2. The highest BCUT2D eigenvalue weighted by Gasteiger charge is 2.52. The van der Waals surface area contributed by atoms with Gasteiger partial charge in [-0.05, 0) is 60.8 Å². The predicted octanol–water partition coefficient (Wildman–Crippen LogP) is 3.75. The van der Waals surface area contributed by atoms with Crippen molar-refractivity contribution >= 4 is 6.08 Å². The average Bonchev–Trinajstić information content (AvgIpc) is 2.87. The monoisotopic (exact) mass is 270 g/mol. The molecule has 2 nitrogen and oxygen atoms in total. The number of ether oxygens (including phenoxy) is 1. The number of fused-ring (bicyclic) bond motifs is 5. The summed E-state index contributed by atoms with van der Waals surface area (Å²) in [7, 11) is 1.71. The lowest BCUT2D eigenvalue weighted by Crippen LogP contribution is -2.47. The highest BCUT2D eigenvalue weighted by atomic mass is 16.5. The summed E-state index contributed by atoms with van der Waals surface area (Å²) in [5, 5.41) is 11.2. The average molecular weight is 270 g/mol. The van der Waals surface area contributed by atoms with E-state index >= 15 is 0 Å². The second-order valence-corrected chi connectivity index (χ2v) is 6.64. The van der Waals surface area contributed by atoms with Crippen molar-refractivity contribution in [1.82, 2.24) is 0 Å². The number of aliphatic hydroxyl groups is 1. The molecule has 2 fully saturated rings. The van der Waals surface area contributed by atoms with E-state index in [4.69, 9.17) is 4.74 Å². The van der Waals surface area contributed by atoms with E-state index in [0.29, 0.717) is 17.8 Å². The van der Waals surface area contributed by atoms with Gasteiger partial charge in [0.1, 0.15) is 5.75 Å². The molecule has 1 aromatic rings. The molecule has 1 aromatic carbocycles. The van der Waals surface area contributed by atoms with Gasteiger partial charge in [0, 0.05) is 5.92 Å². The Hall–Kier alpha value is -1.28. The summed E-state index contributed by atoms with van der Waals surface area (Å²) in [6.07, 6.45) is 10.2. The fourth-order valence-corrected chi connectivity index (χ4v) is 4.85. The van der Waals surface area contributed by atoms with E-state index in [9.17, 15) is 5.11 Å². The molecule has 0 radical (unpaired) electrons. The smallest absolute Gasteiger partial charge is 0.119 e. The van der Waals surface area contributed by atoms with Gasteiger partial charge in [-0.15, -0.1) is 0 Å². The summed E-state index contributed by atoms with van der Waals surface area (Å²) in [5.41, 5.74) is 2.22. The highest BCUT2D eigenvalue weighted by molar-refractivity contribution is 5.61. The Morgan fingerprint density at radius 2 is 2.15 bits per heavy atom. The molecule has 1 N–H and O–H groups in total. The highest BCUT2D eigenvalue weighted by Crippen LogP contribution is 2.56. The van der Waals surface area contributed by atoms with E-state index in [1.165, 1.54) is 36.8 Å². The van der Waals surface area contributed by atoms with Gasteiger partial charge in [0.25, 0.3) is 0 Å². The number of benzene rings is 1. The maximum atomic E-state index is 11.2. The Bertz CT molecular complexity index is 563. The Morgan fingerprint density at radius 3 is 3.00 bits per heavy atom. The lowest BCUT2D eigenvalue weighted by molar-refractivity contribution is -0.0679. The Labute approximate surface area is 120 Å². The van der Waals surface area contributed by atoms with Gasteiger partial charge in [-0.3, -0.25) is 0 Å². The first kappa shape index (κ1) is 12.5. The Morgan fingerprint density at radius 1 is 1.25 bits per heavy atom. The standard InChI is InChI=1S/C18H22O2/c1-20-14-6-8-15-12(11-14)4-9-17-16(15)7-5-13-3-2-10-18(13,17)19/h4,6,8-9,11,13,16-17,19H,2-3,5,7,10H2,1H3/t13-,16-,17+,18+/m0/s1. The minimum absolute atomic E-state index is 0.310. The Balaban J connectivity index is 1.76. The maximum absolute atomic E-state index is 11.2. The van der Waals surface area contributed by atoms with Gasteiger partial charge in [-0.2, -0.15) is 0 Å². The van der Waals surface area contributed by atoms with Gasteiger partial charge in [0.05, 0.1) is 12.7 Å². The summed E-state index contributed by atoms with van der Waals surface area (Å²) in [6.45, 7) is 0. The van der Waals surface area contributed by atoms with Crippen molar-refractivity contribution in [3.05, 3.63) is 35.4 Å². The van der Waals surface area contributed by atoms with Crippen molar-refractivity contribution in [2.24, 2.45) is 11.8 Å². The first-order chi connectivity index (χ1) is 9.72. The van der Waals surface area contributed by atoms with Crippen molar-refractivity contribution in [3.63, 3.8) is 0 Å². The molecule has 106 valence electrons. The van der Waals surface area contributed by atoms with Crippen molar-refractivity contribution < 1.29 is 9.84 Å². The summed E-state index contributed by atoms with van der Waals surface area (Å²) in [4.78, 5) is 0. The summed E-state index contributed by atoms with van der Waals surface area (Å²) in [6, 6.07) is 6.38. The van der Waals surface area contributed by atoms with Crippen molar-refractivity contribution in [2.45, 2.75) is 43.6 Å². The van der Waals surface area contributed by atoms with Crippen LogP contribution in [-0.4, -0.2) is 17.8 Å². The number of hydrogen-bond donors (Lipinski definition) is 1. The minimum atomic E-state index is -0.447. The zero-order valence-electron chi connectivity index (χ0n) is 12.0. The van der Waals surface area contributed by atoms with Crippen LogP contribution in [0, 0.1) is 11.8 Å². The summed E-state index contributed by atoms with van der Waals surface area (Å²) < 4.78 is 5.32. The Kier molecular flexibility index (Phi) is 2.71. The van der Waals surface area contributed by atoms with Crippen LogP contribution >= 0.6 is 0 Å². The van der Waals surface area contributed by atoms with Gasteiger partial charge in [0.2, 0.25) is 0 Å². The molecule has 0 bridgehead atoms. The van der Waals surface area contributed by atoms with Crippen molar-refractivity contribution in [1.29, 1.82) is 0 Å². The van der Waals surface area contributed by atoms with Crippen molar-refractivity contribution in [3.8, 4) is 5.75 Å². The third-order valence-electron chi connectivity index (χ3n) is 5.85. The second kappa shape index (κ2) is 4.36. The molecular weight excluding hydrogens is 248 g/mol.